The van der Waals surface area contributed by atoms with Crippen LogP contribution in [-0.4, -0.2) is 29.9 Å². The van der Waals surface area contributed by atoms with Crippen molar-refractivity contribution >= 4 is 5.91 Å². The van der Waals surface area contributed by atoms with Crippen molar-refractivity contribution in [1.82, 2.24) is 4.90 Å². The van der Waals surface area contributed by atoms with Gasteiger partial charge >= 0.3 is 0 Å². The number of likely N-dealkylation sites (tertiary alicyclic amines) is 1. The lowest BCUT2D eigenvalue weighted by Crippen LogP contribution is -2.51. The number of halogens is 2. The summed E-state index contributed by atoms with van der Waals surface area (Å²) in [6, 6.07) is 3.32. The van der Waals surface area contributed by atoms with Gasteiger partial charge in [-0.2, -0.15) is 0 Å². The first kappa shape index (κ1) is 14.9. The van der Waals surface area contributed by atoms with Crippen LogP contribution in [0.15, 0.2) is 18.2 Å². The highest BCUT2D eigenvalue weighted by Crippen LogP contribution is 2.23. The van der Waals surface area contributed by atoms with Crippen LogP contribution >= 0.6 is 0 Å². The Morgan fingerprint density at radius 2 is 2.20 bits per heavy atom. The fraction of sp³-hybridized carbons (Fsp3) is 0.533. The van der Waals surface area contributed by atoms with Crippen molar-refractivity contribution in [2.75, 3.05) is 13.1 Å². The van der Waals surface area contributed by atoms with Gasteiger partial charge in [0.05, 0.1) is 6.42 Å². The molecule has 0 aliphatic carbocycles. The standard InChI is InChI=1S/C15H20F2N2O/c1-10-3-2-6-19(14(10)9-18)15(20)7-11-4-5-12(16)8-13(11)17/h4-5,8,10,14H,2-3,6-7,9,18H2,1H3/t10-,14-/m0/s1. The number of benzene rings is 1. The van der Waals surface area contributed by atoms with Crippen LogP contribution in [0, 0.1) is 17.6 Å². The first-order valence-electron chi connectivity index (χ1n) is 6.96. The molecule has 1 aromatic rings. The van der Waals surface area contributed by atoms with Crippen LogP contribution in [0.5, 0.6) is 0 Å². The highest BCUT2D eigenvalue weighted by molar-refractivity contribution is 5.79. The zero-order chi connectivity index (χ0) is 14.7. The van der Waals surface area contributed by atoms with E-state index in [4.69, 9.17) is 5.73 Å². The van der Waals surface area contributed by atoms with Gasteiger partial charge in [0, 0.05) is 25.2 Å². The summed E-state index contributed by atoms with van der Waals surface area (Å²) in [4.78, 5) is 14.1. The van der Waals surface area contributed by atoms with E-state index in [-0.39, 0.29) is 23.9 Å². The van der Waals surface area contributed by atoms with Crippen LogP contribution in [0.25, 0.3) is 0 Å². The first-order valence-corrected chi connectivity index (χ1v) is 6.96. The third kappa shape index (κ3) is 3.15. The summed E-state index contributed by atoms with van der Waals surface area (Å²) in [5.74, 6) is -1.09. The number of hydrogen-bond acceptors (Lipinski definition) is 2. The van der Waals surface area contributed by atoms with E-state index in [0.29, 0.717) is 19.0 Å². The van der Waals surface area contributed by atoms with Crippen LogP contribution < -0.4 is 5.73 Å². The Bertz CT molecular complexity index is 493. The summed E-state index contributed by atoms with van der Waals surface area (Å²) >= 11 is 0. The second kappa shape index (κ2) is 6.31. The van der Waals surface area contributed by atoms with Crippen molar-refractivity contribution in [3.63, 3.8) is 0 Å². The summed E-state index contributed by atoms with van der Waals surface area (Å²) < 4.78 is 26.5. The maximum atomic E-state index is 13.6. The highest BCUT2D eigenvalue weighted by Gasteiger charge is 2.30. The molecule has 2 rings (SSSR count). The smallest absolute Gasteiger partial charge is 0.227 e. The Balaban J connectivity index is 2.10. The molecule has 0 bridgehead atoms. The average Bonchev–Trinajstić information content (AvgIpc) is 2.41. The molecule has 0 saturated carbocycles. The molecule has 1 amide bonds. The van der Waals surface area contributed by atoms with Gasteiger partial charge in [-0.1, -0.05) is 13.0 Å². The zero-order valence-corrected chi connectivity index (χ0v) is 11.6. The number of nitrogens with two attached hydrogens (primary N) is 1. The number of carbonyl (C=O) groups excluding carboxylic acids is 1. The normalized spacial score (nSPS) is 22.9. The topological polar surface area (TPSA) is 46.3 Å². The second-order valence-corrected chi connectivity index (χ2v) is 5.42. The number of piperidine rings is 1. The maximum Gasteiger partial charge on any atom is 0.227 e. The Kier molecular flexibility index (Phi) is 4.70. The summed E-state index contributed by atoms with van der Waals surface area (Å²) in [6.45, 7) is 3.15. The summed E-state index contributed by atoms with van der Waals surface area (Å²) in [7, 11) is 0. The van der Waals surface area contributed by atoms with Crippen molar-refractivity contribution in [2.24, 2.45) is 11.7 Å². The molecule has 2 N–H and O–H groups in total. The number of amides is 1. The van der Waals surface area contributed by atoms with Crippen molar-refractivity contribution < 1.29 is 13.6 Å². The number of rotatable bonds is 3. The quantitative estimate of drug-likeness (QED) is 0.922. The highest BCUT2D eigenvalue weighted by atomic mass is 19.1. The first-order chi connectivity index (χ1) is 9.52. The van der Waals surface area contributed by atoms with Crippen molar-refractivity contribution in [3.05, 3.63) is 35.4 Å². The van der Waals surface area contributed by atoms with Gasteiger partial charge in [-0.3, -0.25) is 4.79 Å². The molecular formula is C15H20F2N2O. The Labute approximate surface area is 117 Å². The molecule has 0 spiro atoms. The van der Waals surface area contributed by atoms with Crippen molar-refractivity contribution in [3.8, 4) is 0 Å². The van der Waals surface area contributed by atoms with E-state index in [1.165, 1.54) is 12.1 Å². The van der Waals surface area contributed by atoms with Gasteiger partial charge in [0.2, 0.25) is 5.91 Å². The number of hydrogen-bond donors (Lipinski definition) is 1. The van der Waals surface area contributed by atoms with E-state index in [2.05, 4.69) is 6.92 Å². The lowest BCUT2D eigenvalue weighted by atomic mass is 9.90. The average molecular weight is 282 g/mol. The Hall–Kier alpha value is -1.49. The van der Waals surface area contributed by atoms with Gasteiger partial charge in [-0.05, 0) is 30.4 Å². The van der Waals surface area contributed by atoms with E-state index >= 15 is 0 Å². The number of nitrogens with zero attached hydrogens (tertiary/aromatic N) is 1. The third-order valence-electron chi connectivity index (χ3n) is 4.03. The van der Waals surface area contributed by atoms with Gasteiger partial charge in [0.25, 0.3) is 0 Å². The van der Waals surface area contributed by atoms with Gasteiger partial charge in [-0.25, -0.2) is 8.78 Å². The molecule has 0 radical (unpaired) electrons. The molecule has 3 nitrogen and oxygen atoms in total. The summed E-state index contributed by atoms with van der Waals surface area (Å²) in [5.41, 5.74) is 5.97. The van der Waals surface area contributed by atoms with Crippen LogP contribution in [-0.2, 0) is 11.2 Å². The minimum absolute atomic E-state index is 0.0137. The van der Waals surface area contributed by atoms with E-state index in [0.717, 1.165) is 18.9 Å². The molecular weight excluding hydrogens is 262 g/mol. The van der Waals surface area contributed by atoms with Gasteiger partial charge in [-0.15, -0.1) is 0 Å². The SMILES string of the molecule is C[C@H]1CCCN(C(=O)Cc2ccc(F)cc2F)[C@H]1CN. The molecule has 1 aliphatic heterocycles. The Morgan fingerprint density at radius 3 is 2.85 bits per heavy atom. The van der Waals surface area contributed by atoms with E-state index < -0.39 is 11.6 Å². The van der Waals surface area contributed by atoms with Crippen molar-refractivity contribution in [2.45, 2.75) is 32.2 Å². The van der Waals surface area contributed by atoms with E-state index in [9.17, 15) is 13.6 Å². The molecule has 2 atom stereocenters. The minimum atomic E-state index is -0.673. The van der Waals surface area contributed by atoms with E-state index in [1.807, 2.05) is 0 Å². The molecule has 0 unspecified atom stereocenters. The Morgan fingerprint density at radius 1 is 1.45 bits per heavy atom. The lowest BCUT2D eigenvalue weighted by molar-refractivity contribution is -0.135. The molecule has 5 heteroatoms. The van der Waals surface area contributed by atoms with Gasteiger partial charge < -0.3 is 10.6 Å². The minimum Gasteiger partial charge on any atom is -0.338 e. The number of carbonyl (C=O) groups is 1. The van der Waals surface area contributed by atoms with Gasteiger partial charge in [0.15, 0.2) is 0 Å². The second-order valence-electron chi connectivity index (χ2n) is 5.42. The molecule has 1 saturated heterocycles. The molecule has 1 aliphatic rings. The van der Waals surface area contributed by atoms with Crippen molar-refractivity contribution in [1.29, 1.82) is 0 Å². The summed E-state index contributed by atoms with van der Waals surface area (Å²) in [5, 5.41) is 0. The van der Waals surface area contributed by atoms with Crippen LogP contribution in [0.2, 0.25) is 0 Å². The molecule has 1 aromatic carbocycles. The molecule has 20 heavy (non-hydrogen) atoms. The fourth-order valence-electron chi connectivity index (χ4n) is 2.85. The monoisotopic (exact) mass is 282 g/mol. The van der Waals surface area contributed by atoms with E-state index in [1.54, 1.807) is 4.90 Å². The zero-order valence-electron chi connectivity index (χ0n) is 11.6. The van der Waals surface area contributed by atoms with Crippen LogP contribution in [0.3, 0.4) is 0 Å². The molecule has 1 heterocycles. The van der Waals surface area contributed by atoms with Crippen LogP contribution in [0.4, 0.5) is 8.78 Å². The molecule has 1 fully saturated rings. The molecule has 110 valence electrons. The largest absolute Gasteiger partial charge is 0.338 e. The fourth-order valence-corrected chi connectivity index (χ4v) is 2.85. The predicted molar refractivity (Wildman–Crippen MR) is 73.0 cm³/mol. The van der Waals surface area contributed by atoms with Crippen LogP contribution in [0.1, 0.15) is 25.3 Å². The molecule has 0 aromatic heterocycles. The third-order valence-corrected chi connectivity index (χ3v) is 4.03. The lowest BCUT2D eigenvalue weighted by Gasteiger charge is -2.39. The summed E-state index contributed by atoms with van der Waals surface area (Å²) in [6.07, 6.45) is 1.95. The van der Waals surface area contributed by atoms with Gasteiger partial charge in [0.1, 0.15) is 11.6 Å². The predicted octanol–water partition coefficient (Wildman–Crippen LogP) is 2.09. The maximum absolute atomic E-state index is 13.6.